The fourth-order valence-electron chi connectivity index (χ4n) is 7.22. The maximum Gasteiger partial charge on any atom is 0.272 e. The molecule has 0 unspecified atom stereocenters. The average molecular weight is 701 g/mol. The van der Waals surface area contributed by atoms with Crippen molar-refractivity contribution in [3.8, 4) is 11.1 Å². The second-order valence-corrected chi connectivity index (χ2v) is 15.4. The molecular weight excluding hydrogens is 657 g/mol. The number of nitrogens with one attached hydrogen (secondary N) is 1. The fourth-order valence-corrected chi connectivity index (χ4v) is 7.42. The number of carbonyl (C=O) groups excluding carboxylic acids is 1. The van der Waals surface area contributed by atoms with Gasteiger partial charge in [0, 0.05) is 37.2 Å². The summed E-state index contributed by atoms with van der Waals surface area (Å²) in [5.74, 6) is -0.534. The van der Waals surface area contributed by atoms with E-state index in [0.29, 0.717) is 6.04 Å². The number of rotatable bonds is 10. The number of carbonyl (C=O) groups is 1. The van der Waals surface area contributed by atoms with Crippen LogP contribution in [-0.4, -0.2) is 69.5 Å². The van der Waals surface area contributed by atoms with E-state index in [0.717, 1.165) is 53.0 Å². The van der Waals surface area contributed by atoms with Gasteiger partial charge in [0.15, 0.2) is 6.29 Å². The normalized spacial score (nSPS) is 25.7. The largest absolute Gasteiger partial charge is 0.392 e. The number of ether oxygens (including phenoxy) is 2. The highest BCUT2D eigenvalue weighted by Gasteiger charge is 2.41. The van der Waals surface area contributed by atoms with Crippen molar-refractivity contribution in [2.24, 2.45) is 5.92 Å². The van der Waals surface area contributed by atoms with Gasteiger partial charge < -0.3 is 24.8 Å². The van der Waals surface area contributed by atoms with Crippen LogP contribution < -0.4 is 5.32 Å². The minimum atomic E-state index is -2.02. The van der Waals surface area contributed by atoms with Crippen LogP contribution in [0.15, 0.2) is 72.8 Å². The SMILES string of the molecule is C[C@@H]1[C@H](CN2CCC[C@H]2CN2CCCC2)O[C@H](c2ccc(-c3ccccc3CNC(=O)C(Cl)(Cl)Cl)cc2)O[C@@H]1c1ccc(CO)cc1. The Balaban J connectivity index is 1.22. The third kappa shape index (κ3) is 8.52. The molecule has 2 N–H and O–H groups in total. The molecule has 252 valence electrons. The molecule has 10 heteroatoms. The Labute approximate surface area is 293 Å². The summed E-state index contributed by atoms with van der Waals surface area (Å²) in [5.41, 5.74) is 5.78. The molecule has 3 saturated heterocycles. The topological polar surface area (TPSA) is 74.3 Å². The number of alkyl halides is 3. The molecule has 0 aromatic heterocycles. The first kappa shape index (κ1) is 34.7. The van der Waals surface area contributed by atoms with Crippen LogP contribution in [0.5, 0.6) is 0 Å². The first-order chi connectivity index (χ1) is 22.7. The zero-order chi connectivity index (χ0) is 33.0. The maximum atomic E-state index is 12.2. The van der Waals surface area contributed by atoms with Gasteiger partial charge in [0.2, 0.25) is 0 Å². The summed E-state index contributed by atoms with van der Waals surface area (Å²) in [6, 6.07) is 24.7. The molecule has 3 aliphatic heterocycles. The van der Waals surface area contributed by atoms with Crippen LogP contribution in [0.25, 0.3) is 11.1 Å². The Bertz CT molecular complexity index is 1480. The summed E-state index contributed by atoms with van der Waals surface area (Å²) in [4.78, 5) is 17.4. The van der Waals surface area contributed by atoms with E-state index in [1.165, 1.54) is 38.8 Å². The summed E-state index contributed by atoms with van der Waals surface area (Å²) >= 11 is 17.2. The molecule has 3 aliphatic rings. The van der Waals surface area contributed by atoms with Crippen molar-refractivity contribution in [3.05, 3.63) is 95.1 Å². The molecule has 6 rings (SSSR count). The lowest BCUT2D eigenvalue weighted by Gasteiger charge is -2.43. The number of hydrogen-bond donors (Lipinski definition) is 2. The lowest BCUT2D eigenvalue weighted by Crippen LogP contribution is -2.48. The van der Waals surface area contributed by atoms with E-state index in [2.05, 4.69) is 58.4 Å². The molecule has 3 aromatic carbocycles. The van der Waals surface area contributed by atoms with Crippen LogP contribution in [-0.2, 0) is 27.4 Å². The monoisotopic (exact) mass is 699 g/mol. The predicted octanol–water partition coefficient (Wildman–Crippen LogP) is 7.18. The van der Waals surface area contributed by atoms with Gasteiger partial charge >= 0.3 is 0 Å². The molecule has 0 radical (unpaired) electrons. The van der Waals surface area contributed by atoms with Gasteiger partial charge in [-0.25, -0.2) is 0 Å². The van der Waals surface area contributed by atoms with Crippen LogP contribution in [0.3, 0.4) is 0 Å². The maximum absolute atomic E-state index is 12.2. The molecule has 0 bridgehead atoms. The molecular formula is C37H44Cl3N3O4. The van der Waals surface area contributed by atoms with Crippen LogP contribution in [0.1, 0.15) is 67.3 Å². The third-order valence-electron chi connectivity index (χ3n) is 9.91. The summed E-state index contributed by atoms with van der Waals surface area (Å²) in [5, 5.41) is 12.3. The van der Waals surface area contributed by atoms with E-state index in [1.807, 2.05) is 36.4 Å². The lowest BCUT2D eigenvalue weighted by atomic mass is 9.89. The molecule has 0 spiro atoms. The Morgan fingerprint density at radius 3 is 2.30 bits per heavy atom. The summed E-state index contributed by atoms with van der Waals surface area (Å²) in [6.45, 7) is 8.02. The molecule has 3 heterocycles. The third-order valence-corrected chi connectivity index (χ3v) is 10.4. The Kier molecular flexibility index (Phi) is 11.5. The standard InChI is InChI=1S/C37H44Cl3N3O4/c1-25-33(23-43-20-6-8-31(43)22-42-18-4-5-19-42)46-35(47-34(25)28-12-10-26(24-44)11-13-28)29-16-14-27(15-17-29)32-9-3-2-7-30(32)21-41-36(45)37(38,39)40/h2-3,7,9-17,25,31,33-35,44H,4-6,8,18-24H2,1H3,(H,41,45)/t25-,31+,33+,34+,35+/m1/s1. The van der Waals surface area contributed by atoms with E-state index >= 15 is 0 Å². The number of aliphatic hydroxyl groups is 1. The van der Waals surface area contributed by atoms with Gasteiger partial charge in [-0.05, 0) is 73.1 Å². The number of halogens is 3. The highest BCUT2D eigenvalue weighted by Crippen LogP contribution is 2.43. The van der Waals surface area contributed by atoms with Crippen molar-refractivity contribution in [1.29, 1.82) is 0 Å². The Hall–Kier alpha value is -2.20. The molecule has 7 nitrogen and oxygen atoms in total. The van der Waals surface area contributed by atoms with Gasteiger partial charge in [-0.3, -0.25) is 9.69 Å². The molecule has 3 fully saturated rings. The molecule has 47 heavy (non-hydrogen) atoms. The smallest absolute Gasteiger partial charge is 0.272 e. The molecule has 5 atom stereocenters. The van der Waals surface area contributed by atoms with Crippen molar-refractivity contribution in [2.75, 3.05) is 32.7 Å². The predicted molar refractivity (Wildman–Crippen MR) is 187 cm³/mol. The first-order valence-electron chi connectivity index (χ1n) is 16.7. The van der Waals surface area contributed by atoms with Crippen LogP contribution >= 0.6 is 34.8 Å². The second-order valence-electron chi connectivity index (χ2n) is 13.1. The van der Waals surface area contributed by atoms with Crippen LogP contribution in [0.4, 0.5) is 0 Å². The van der Waals surface area contributed by atoms with Gasteiger partial charge in [-0.15, -0.1) is 0 Å². The van der Waals surface area contributed by atoms with E-state index in [-0.39, 0.29) is 31.3 Å². The van der Waals surface area contributed by atoms with Gasteiger partial charge in [0.25, 0.3) is 9.70 Å². The van der Waals surface area contributed by atoms with Crippen molar-refractivity contribution in [3.63, 3.8) is 0 Å². The lowest BCUT2D eigenvalue weighted by molar-refractivity contribution is -0.276. The van der Waals surface area contributed by atoms with Gasteiger partial charge in [0.1, 0.15) is 0 Å². The molecule has 3 aromatic rings. The van der Waals surface area contributed by atoms with Crippen LogP contribution in [0.2, 0.25) is 0 Å². The number of likely N-dealkylation sites (tertiary alicyclic amines) is 2. The van der Waals surface area contributed by atoms with Gasteiger partial charge in [-0.2, -0.15) is 0 Å². The van der Waals surface area contributed by atoms with E-state index in [1.54, 1.807) is 0 Å². The minimum Gasteiger partial charge on any atom is -0.392 e. The summed E-state index contributed by atoms with van der Waals surface area (Å²) in [7, 11) is 0. The van der Waals surface area contributed by atoms with E-state index < -0.39 is 16.0 Å². The van der Waals surface area contributed by atoms with Gasteiger partial charge in [-0.1, -0.05) is 115 Å². The van der Waals surface area contributed by atoms with E-state index in [4.69, 9.17) is 44.3 Å². The molecule has 0 aliphatic carbocycles. The quantitative estimate of drug-likeness (QED) is 0.218. The zero-order valence-electron chi connectivity index (χ0n) is 26.8. The van der Waals surface area contributed by atoms with Crippen molar-refractivity contribution < 1.29 is 19.4 Å². The zero-order valence-corrected chi connectivity index (χ0v) is 29.1. The summed E-state index contributed by atoms with van der Waals surface area (Å²) in [6.07, 6.45) is 4.37. The number of aliphatic hydroxyl groups excluding tert-OH is 1. The molecule has 0 saturated carbocycles. The van der Waals surface area contributed by atoms with Gasteiger partial charge in [0.05, 0.1) is 18.8 Å². The average Bonchev–Trinajstić information content (AvgIpc) is 3.77. The number of amides is 1. The first-order valence-corrected chi connectivity index (χ1v) is 17.8. The Morgan fingerprint density at radius 1 is 0.894 bits per heavy atom. The second kappa shape index (κ2) is 15.6. The summed E-state index contributed by atoms with van der Waals surface area (Å²) < 4.78 is 11.5. The van der Waals surface area contributed by atoms with Crippen molar-refractivity contribution >= 4 is 40.7 Å². The number of benzene rings is 3. The van der Waals surface area contributed by atoms with E-state index in [9.17, 15) is 9.90 Å². The highest BCUT2D eigenvalue weighted by molar-refractivity contribution is 6.76. The molecule has 1 amide bonds. The minimum absolute atomic E-state index is 0.0117. The van der Waals surface area contributed by atoms with Crippen molar-refractivity contribution in [1.82, 2.24) is 15.1 Å². The van der Waals surface area contributed by atoms with Crippen molar-refractivity contribution in [2.45, 2.75) is 74.1 Å². The fraction of sp³-hybridized carbons (Fsp3) is 0.486. The Morgan fingerprint density at radius 2 is 1.60 bits per heavy atom. The van der Waals surface area contributed by atoms with Crippen LogP contribution in [0, 0.1) is 5.92 Å². The number of hydrogen-bond acceptors (Lipinski definition) is 6. The highest BCUT2D eigenvalue weighted by atomic mass is 35.6. The number of nitrogens with zero attached hydrogens (tertiary/aromatic N) is 2.